The predicted molar refractivity (Wildman–Crippen MR) is 78.6 cm³/mol. The average Bonchev–Trinajstić information content (AvgIpc) is 2.96. The molecule has 1 aromatic carbocycles. The lowest BCUT2D eigenvalue weighted by molar-refractivity contribution is -0.659. The zero-order valence-corrected chi connectivity index (χ0v) is 12.3. The number of hydrogen-bond acceptors (Lipinski definition) is 1. The summed E-state index contributed by atoms with van der Waals surface area (Å²) in [7, 11) is 4.03. The largest absolute Gasteiger partial charge is 0.312 e. The van der Waals surface area contributed by atoms with Gasteiger partial charge < -0.3 is 0 Å². The Morgan fingerprint density at radius 3 is 2.40 bits per heavy atom. The minimum Gasteiger partial charge on any atom is -0.260 e. The highest BCUT2D eigenvalue weighted by Crippen LogP contribution is 2.24. The quantitative estimate of drug-likeness (QED) is 0.655. The van der Waals surface area contributed by atoms with Crippen molar-refractivity contribution in [3.63, 3.8) is 0 Å². The van der Waals surface area contributed by atoms with Crippen molar-refractivity contribution in [2.75, 3.05) is 0 Å². The van der Waals surface area contributed by atoms with Crippen LogP contribution in [0, 0.1) is 13.8 Å². The fraction of sp³-hybridized carbons (Fsp3) is 0.250. The van der Waals surface area contributed by atoms with Gasteiger partial charge in [-0.2, -0.15) is 9.67 Å². The van der Waals surface area contributed by atoms with Crippen LogP contribution in [-0.2, 0) is 14.1 Å². The highest BCUT2D eigenvalue weighted by atomic mass is 15.3. The summed E-state index contributed by atoms with van der Waals surface area (Å²) in [5.41, 5.74) is 4.87. The van der Waals surface area contributed by atoms with Crippen molar-refractivity contribution in [2.45, 2.75) is 13.8 Å². The summed E-state index contributed by atoms with van der Waals surface area (Å²) >= 11 is 0. The molecule has 0 saturated carbocycles. The zero-order chi connectivity index (χ0) is 14.3. The van der Waals surface area contributed by atoms with Gasteiger partial charge >= 0.3 is 5.82 Å². The van der Waals surface area contributed by atoms with E-state index in [2.05, 4.69) is 65.7 Å². The smallest absolute Gasteiger partial charge is 0.260 e. The molecule has 0 spiro atoms. The highest BCUT2D eigenvalue weighted by molar-refractivity contribution is 5.55. The maximum Gasteiger partial charge on any atom is 0.312 e. The normalized spacial score (nSPS) is 11.0. The number of nitrogens with zero attached hydrogens (tertiary/aromatic N) is 4. The molecule has 0 bridgehead atoms. The van der Waals surface area contributed by atoms with E-state index in [-0.39, 0.29) is 0 Å². The lowest BCUT2D eigenvalue weighted by atomic mass is 10.1. The molecule has 4 heteroatoms. The van der Waals surface area contributed by atoms with Gasteiger partial charge in [0.1, 0.15) is 18.1 Å². The van der Waals surface area contributed by atoms with E-state index < -0.39 is 0 Å². The van der Waals surface area contributed by atoms with Gasteiger partial charge in [-0.15, -0.1) is 0 Å². The number of aromatic nitrogens is 4. The molecular formula is C16H19N4+. The number of hydrogen-bond donors (Lipinski definition) is 0. The van der Waals surface area contributed by atoms with Crippen LogP contribution in [0.25, 0.3) is 17.2 Å². The summed E-state index contributed by atoms with van der Waals surface area (Å²) in [4.78, 5) is 0. The van der Waals surface area contributed by atoms with Crippen molar-refractivity contribution in [3.05, 3.63) is 54.0 Å². The molecule has 2 aromatic heterocycles. The Morgan fingerprint density at radius 2 is 1.80 bits per heavy atom. The first-order valence-corrected chi connectivity index (χ1v) is 6.71. The Hall–Kier alpha value is -2.36. The minimum absolute atomic E-state index is 1.10. The fourth-order valence-electron chi connectivity index (χ4n) is 2.74. The number of para-hydroxylation sites is 1. The first-order chi connectivity index (χ1) is 9.59. The van der Waals surface area contributed by atoms with Gasteiger partial charge in [-0.25, -0.2) is 4.57 Å². The molecule has 4 nitrogen and oxygen atoms in total. The van der Waals surface area contributed by atoms with Gasteiger partial charge in [0.05, 0.1) is 7.05 Å². The van der Waals surface area contributed by atoms with Crippen LogP contribution >= 0.6 is 0 Å². The molecule has 0 radical (unpaired) electrons. The Kier molecular flexibility index (Phi) is 2.93. The Labute approximate surface area is 118 Å². The Balaban J connectivity index is 2.30. The average molecular weight is 267 g/mol. The molecule has 0 aliphatic carbocycles. The second-order valence-corrected chi connectivity index (χ2v) is 5.18. The fourth-order valence-corrected chi connectivity index (χ4v) is 2.74. The SMILES string of the molecule is Cc1cccc(C)c1-n1cc[n+](C)c1-c1ccnn1C. The van der Waals surface area contributed by atoms with Crippen LogP contribution in [0.1, 0.15) is 11.1 Å². The zero-order valence-electron chi connectivity index (χ0n) is 12.3. The molecule has 3 aromatic rings. The second kappa shape index (κ2) is 4.63. The summed E-state index contributed by atoms with van der Waals surface area (Å²) in [5.74, 6) is 1.13. The van der Waals surface area contributed by atoms with Gasteiger partial charge in [-0.05, 0) is 31.0 Å². The lowest BCUT2D eigenvalue weighted by Crippen LogP contribution is -2.30. The van der Waals surface area contributed by atoms with E-state index in [9.17, 15) is 0 Å². The molecule has 0 amide bonds. The number of rotatable bonds is 2. The van der Waals surface area contributed by atoms with Crippen LogP contribution in [-0.4, -0.2) is 14.3 Å². The lowest BCUT2D eigenvalue weighted by Gasteiger charge is -2.08. The molecule has 3 rings (SSSR count). The van der Waals surface area contributed by atoms with Gasteiger partial charge in [0, 0.05) is 13.2 Å². The second-order valence-electron chi connectivity index (χ2n) is 5.18. The maximum absolute atomic E-state index is 4.28. The maximum atomic E-state index is 4.28. The van der Waals surface area contributed by atoms with Crippen molar-refractivity contribution >= 4 is 0 Å². The van der Waals surface area contributed by atoms with E-state index in [1.807, 2.05) is 24.0 Å². The van der Waals surface area contributed by atoms with E-state index in [1.54, 1.807) is 0 Å². The van der Waals surface area contributed by atoms with Gasteiger partial charge in [0.15, 0.2) is 5.69 Å². The summed E-state index contributed by atoms with van der Waals surface area (Å²) in [6.45, 7) is 4.30. The van der Waals surface area contributed by atoms with Crippen LogP contribution in [0.5, 0.6) is 0 Å². The summed E-state index contributed by atoms with van der Waals surface area (Å²) in [6.07, 6.45) is 6.02. The molecule has 0 fully saturated rings. The van der Waals surface area contributed by atoms with Crippen molar-refractivity contribution in [3.8, 4) is 17.2 Å². The van der Waals surface area contributed by atoms with Crippen molar-refractivity contribution in [1.29, 1.82) is 0 Å². The Morgan fingerprint density at radius 1 is 1.10 bits per heavy atom. The van der Waals surface area contributed by atoms with Crippen LogP contribution in [0.4, 0.5) is 0 Å². The van der Waals surface area contributed by atoms with Crippen LogP contribution in [0.3, 0.4) is 0 Å². The van der Waals surface area contributed by atoms with Crippen LogP contribution < -0.4 is 4.57 Å². The molecular weight excluding hydrogens is 248 g/mol. The molecule has 20 heavy (non-hydrogen) atoms. The molecule has 2 heterocycles. The third kappa shape index (κ3) is 1.84. The highest BCUT2D eigenvalue weighted by Gasteiger charge is 2.23. The molecule has 0 aliphatic heterocycles. The number of aryl methyl sites for hydroxylation is 4. The van der Waals surface area contributed by atoms with E-state index in [1.165, 1.54) is 16.8 Å². The Bertz CT molecular complexity index is 744. The van der Waals surface area contributed by atoms with E-state index in [0.29, 0.717) is 0 Å². The van der Waals surface area contributed by atoms with Crippen LogP contribution in [0.15, 0.2) is 42.9 Å². The van der Waals surface area contributed by atoms with Gasteiger partial charge in [-0.3, -0.25) is 4.68 Å². The van der Waals surface area contributed by atoms with E-state index in [4.69, 9.17) is 0 Å². The molecule has 102 valence electrons. The molecule has 0 saturated heterocycles. The molecule has 0 aliphatic rings. The van der Waals surface area contributed by atoms with E-state index in [0.717, 1.165) is 11.5 Å². The van der Waals surface area contributed by atoms with Crippen molar-refractivity contribution in [1.82, 2.24) is 14.3 Å². The van der Waals surface area contributed by atoms with Gasteiger partial charge in [-0.1, -0.05) is 18.2 Å². The standard InChI is InChI=1S/C16H19N4/c1-12-6-5-7-13(2)15(12)20-11-10-18(3)16(20)14-8-9-17-19(14)4/h5-11H,1-4H3/q+1. The summed E-state index contributed by atoms with van der Waals surface area (Å²) in [6, 6.07) is 8.44. The van der Waals surface area contributed by atoms with Crippen molar-refractivity contribution < 1.29 is 4.57 Å². The molecule has 0 N–H and O–H groups in total. The topological polar surface area (TPSA) is 26.6 Å². The molecule has 0 unspecified atom stereocenters. The third-order valence-corrected chi connectivity index (χ3v) is 3.73. The summed E-state index contributed by atoms with van der Waals surface area (Å²) < 4.78 is 6.27. The number of benzene rings is 1. The third-order valence-electron chi connectivity index (χ3n) is 3.73. The number of imidazole rings is 1. The van der Waals surface area contributed by atoms with Crippen molar-refractivity contribution in [2.24, 2.45) is 14.1 Å². The predicted octanol–water partition coefficient (Wildman–Crippen LogP) is 2.32. The molecule has 0 atom stereocenters. The van der Waals surface area contributed by atoms with Gasteiger partial charge in [0.2, 0.25) is 0 Å². The first-order valence-electron chi connectivity index (χ1n) is 6.71. The first kappa shape index (κ1) is 12.7. The summed E-state index contributed by atoms with van der Waals surface area (Å²) in [5, 5.41) is 4.28. The van der Waals surface area contributed by atoms with Crippen LogP contribution in [0.2, 0.25) is 0 Å². The van der Waals surface area contributed by atoms with Gasteiger partial charge in [0.25, 0.3) is 0 Å². The van der Waals surface area contributed by atoms with E-state index >= 15 is 0 Å². The minimum atomic E-state index is 1.10. The monoisotopic (exact) mass is 267 g/mol.